The lowest BCUT2D eigenvalue weighted by atomic mass is 10.1. The van der Waals surface area contributed by atoms with Gasteiger partial charge in [-0.3, -0.25) is 0 Å². The Hall–Kier alpha value is -1.76. The molecule has 0 bridgehead atoms. The summed E-state index contributed by atoms with van der Waals surface area (Å²) in [6.07, 6.45) is 4.08. The zero-order valence-electron chi connectivity index (χ0n) is 11.3. The van der Waals surface area contributed by atoms with Gasteiger partial charge in [0.05, 0.1) is 0 Å². The lowest BCUT2D eigenvalue weighted by molar-refractivity contribution is 0.475. The van der Waals surface area contributed by atoms with E-state index in [0.717, 1.165) is 5.56 Å². The summed E-state index contributed by atoms with van der Waals surface area (Å²) in [5.74, 6) is 0.305. The van der Waals surface area contributed by atoms with Crippen molar-refractivity contribution in [2.24, 2.45) is 0 Å². The van der Waals surface area contributed by atoms with E-state index in [1.807, 2.05) is 42.5 Å². The fourth-order valence-electron chi connectivity index (χ4n) is 1.64. The van der Waals surface area contributed by atoms with Crippen LogP contribution in [0.5, 0.6) is 5.75 Å². The van der Waals surface area contributed by atoms with Crippen LogP contribution in [-0.4, -0.2) is 5.11 Å². The van der Waals surface area contributed by atoms with Crippen molar-refractivity contribution in [3.05, 3.63) is 54.6 Å². The van der Waals surface area contributed by atoms with Crippen LogP contribution in [0.4, 0.5) is 0 Å². The molecule has 2 aromatic carbocycles. The van der Waals surface area contributed by atoms with E-state index in [2.05, 4.69) is 13.8 Å². The van der Waals surface area contributed by atoms with Gasteiger partial charge in [0, 0.05) is 0 Å². The Morgan fingerprint density at radius 2 is 1.22 bits per heavy atom. The van der Waals surface area contributed by atoms with Gasteiger partial charge >= 0.3 is 0 Å². The van der Waals surface area contributed by atoms with Crippen LogP contribution in [0.25, 0.3) is 11.1 Å². The SMILES string of the molecule is CCCCC.Oc1ccc(-c2ccccc2)cc1. The smallest absolute Gasteiger partial charge is 0.115 e. The predicted octanol–water partition coefficient (Wildman–Crippen LogP) is 5.26. The topological polar surface area (TPSA) is 20.2 Å². The maximum atomic E-state index is 9.10. The number of benzene rings is 2. The molecule has 1 N–H and O–H groups in total. The third-order valence-corrected chi connectivity index (χ3v) is 2.68. The number of phenolic OH excluding ortho intramolecular Hbond substituents is 1. The maximum absolute atomic E-state index is 9.10. The molecule has 0 aliphatic carbocycles. The third-order valence-electron chi connectivity index (χ3n) is 2.68. The second kappa shape index (κ2) is 8.35. The number of rotatable bonds is 3. The van der Waals surface area contributed by atoms with Gasteiger partial charge in [0.2, 0.25) is 0 Å². The summed E-state index contributed by atoms with van der Waals surface area (Å²) in [5, 5.41) is 9.10. The highest BCUT2D eigenvalue weighted by atomic mass is 16.3. The summed E-state index contributed by atoms with van der Waals surface area (Å²) < 4.78 is 0. The summed E-state index contributed by atoms with van der Waals surface area (Å²) in [6, 6.07) is 17.3. The van der Waals surface area contributed by atoms with Gasteiger partial charge in [-0.1, -0.05) is 75.6 Å². The van der Waals surface area contributed by atoms with Crippen molar-refractivity contribution in [1.82, 2.24) is 0 Å². The molecule has 0 unspecified atom stereocenters. The fourth-order valence-corrected chi connectivity index (χ4v) is 1.64. The molecule has 2 aromatic rings. The molecule has 1 nitrogen and oxygen atoms in total. The van der Waals surface area contributed by atoms with E-state index in [4.69, 9.17) is 5.11 Å². The maximum Gasteiger partial charge on any atom is 0.115 e. The number of aromatic hydroxyl groups is 1. The highest BCUT2D eigenvalue weighted by Crippen LogP contribution is 2.20. The van der Waals surface area contributed by atoms with Crippen molar-refractivity contribution in [2.75, 3.05) is 0 Å². The van der Waals surface area contributed by atoms with Crippen LogP contribution < -0.4 is 0 Å². The summed E-state index contributed by atoms with van der Waals surface area (Å²) >= 11 is 0. The molecule has 0 amide bonds. The average Bonchev–Trinajstić information content (AvgIpc) is 2.42. The Morgan fingerprint density at radius 1 is 0.722 bits per heavy atom. The van der Waals surface area contributed by atoms with Crippen molar-refractivity contribution >= 4 is 0 Å². The second-order valence-corrected chi connectivity index (χ2v) is 4.27. The number of phenols is 1. The molecular weight excluding hydrogens is 220 g/mol. The van der Waals surface area contributed by atoms with Crippen LogP contribution in [0.2, 0.25) is 0 Å². The predicted molar refractivity (Wildman–Crippen MR) is 78.7 cm³/mol. The van der Waals surface area contributed by atoms with Crippen molar-refractivity contribution < 1.29 is 5.11 Å². The van der Waals surface area contributed by atoms with Crippen LogP contribution in [0.15, 0.2) is 54.6 Å². The first-order chi connectivity index (χ1) is 8.77. The average molecular weight is 242 g/mol. The van der Waals surface area contributed by atoms with Gasteiger partial charge in [0.15, 0.2) is 0 Å². The summed E-state index contributed by atoms with van der Waals surface area (Å²) in [4.78, 5) is 0. The zero-order chi connectivity index (χ0) is 13.2. The van der Waals surface area contributed by atoms with Gasteiger partial charge in [0.1, 0.15) is 5.75 Å². The molecule has 0 aromatic heterocycles. The molecule has 96 valence electrons. The Balaban J connectivity index is 0.000000280. The summed E-state index contributed by atoms with van der Waals surface area (Å²) in [7, 11) is 0. The highest BCUT2D eigenvalue weighted by molar-refractivity contribution is 5.63. The highest BCUT2D eigenvalue weighted by Gasteiger charge is 1.94. The quantitative estimate of drug-likeness (QED) is 0.778. The molecule has 0 saturated carbocycles. The van der Waals surface area contributed by atoms with Crippen molar-refractivity contribution in [2.45, 2.75) is 33.1 Å². The third kappa shape index (κ3) is 5.05. The summed E-state index contributed by atoms with van der Waals surface area (Å²) in [6.45, 7) is 4.42. The van der Waals surface area contributed by atoms with Crippen molar-refractivity contribution in [3.63, 3.8) is 0 Å². The normalized spacial score (nSPS) is 9.44. The van der Waals surface area contributed by atoms with Gasteiger partial charge in [-0.15, -0.1) is 0 Å². The van der Waals surface area contributed by atoms with Gasteiger partial charge < -0.3 is 5.11 Å². The van der Waals surface area contributed by atoms with Gasteiger partial charge in [-0.05, 0) is 23.3 Å². The van der Waals surface area contributed by atoms with E-state index < -0.39 is 0 Å². The Kier molecular flexibility index (Phi) is 6.63. The zero-order valence-corrected chi connectivity index (χ0v) is 11.3. The van der Waals surface area contributed by atoms with E-state index in [1.54, 1.807) is 12.1 Å². The fraction of sp³-hybridized carbons (Fsp3) is 0.294. The van der Waals surface area contributed by atoms with Gasteiger partial charge in [0.25, 0.3) is 0 Å². The summed E-state index contributed by atoms with van der Waals surface area (Å²) in [5.41, 5.74) is 2.29. The van der Waals surface area contributed by atoms with E-state index in [1.165, 1.54) is 24.8 Å². The first-order valence-electron chi connectivity index (χ1n) is 6.62. The molecule has 0 heterocycles. The largest absolute Gasteiger partial charge is 0.508 e. The molecule has 2 rings (SSSR count). The molecule has 0 atom stereocenters. The molecule has 0 aliphatic rings. The minimum Gasteiger partial charge on any atom is -0.508 e. The van der Waals surface area contributed by atoms with Crippen molar-refractivity contribution in [3.8, 4) is 16.9 Å². The number of unbranched alkanes of at least 4 members (excludes halogenated alkanes) is 2. The minimum absolute atomic E-state index is 0.305. The Labute approximate surface area is 110 Å². The van der Waals surface area contributed by atoms with Crippen molar-refractivity contribution in [1.29, 1.82) is 0 Å². The van der Waals surface area contributed by atoms with Crippen LogP contribution >= 0.6 is 0 Å². The molecule has 1 heteroatoms. The van der Waals surface area contributed by atoms with E-state index in [9.17, 15) is 0 Å². The van der Waals surface area contributed by atoms with E-state index in [-0.39, 0.29) is 0 Å². The second-order valence-electron chi connectivity index (χ2n) is 4.27. The first kappa shape index (κ1) is 14.3. The molecule has 0 spiro atoms. The van der Waals surface area contributed by atoms with Crippen LogP contribution in [0.3, 0.4) is 0 Å². The van der Waals surface area contributed by atoms with Gasteiger partial charge in [-0.2, -0.15) is 0 Å². The molecule has 0 aliphatic heterocycles. The molecule has 0 radical (unpaired) electrons. The number of hydrogen-bond acceptors (Lipinski definition) is 1. The van der Waals surface area contributed by atoms with Gasteiger partial charge in [-0.25, -0.2) is 0 Å². The van der Waals surface area contributed by atoms with Crippen LogP contribution in [0, 0.1) is 0 Å². The Morgan fingerprint density at radius 3 is 1.67 bits per heavy atom. The Bertz CT molecular complexity index is 415. The molecule has 18 heavy (non-hydrogen) atoms. The number of hydrogen-bond donors (Lipinski definition) is 1. The molecular formula is C17H22O. The molecule has 0 saturated heterocycles. The minimum atomic E-state index is 0.305. The first-order valence-corrected chi connectivity index (χ1v) is 6.62. The van der Waals surface area contributed by atoms with E-state index in [0.29, 0.717) is 5.75 Å². The van der Waals surface area contributed by atoms with Crippen LogP contribution in [0.1, 0.15) is 33.1 Å². The van der Waals surface area contributed by atoms with Crippen LogP contribution in [-0.2, 0) is 0 Å². The lowest BCUT2D eigenvalue weighted by Crippen LogP contribution is -1.74. The molecule has 0 fully saturated rings. The lowest BCUT2D eigenvalue weighted by Gasteiger charge is -2.00. The van der Waals surface area contributed by atoms with E-state index >= 15 is 0 Å². The standard InChI is InChI=1S/C12H10O.C5H12/c13-12-8-6-11(7-9-12)10-4-2-1-3-5-10;1-3-5-4-2/h1-9,13H;3-5H2,1-2H3. The monoisotopic (exact) mass is 242 g/mol.